The van der Waals surface area contributed by atoms with Crippen LogP contribution < -0.4 is 15.4 Å². The number of amides is 2. The average molecular weight is 353 g/mol. The lowest BCUT2D eigenvalue weighted by Crippen LogP contribution is -2.20. The van der Waals surface area contributed by atoms with Crippen molar-refractivity contribution in [1.29, 1.82) is 0 Å². The van der Waals surface area contributed by atoms with Crippen molar-refractivity contribution < 1.29 is 14.3 Å². The van der Waals surface area contributed by atoms with Crippen molar-refractivity contribution in [2.24, 2.45) is 0 Å². The number of hydrogen-bond acceptors (Lipinski definition) is 3. The van der Waals surface area contributed by atoms with Crippen LogP contribution in [0.3, 0.4) is 0 Å². The molecule has 0 bridgehead atoms. The molecule has 23 heavy (non-hydrogen) atoms. The van der Waals surface area contributed by atoms with Gasteiger partial charge in [0.25, 0.3) is 11.8 Å². The van der Waals surface area contributed by atoms with Crippen LogP contribution in [-0.4, -0.2) is 25.5 Å². The first kappa shape index (κ1) is 17.1. The van der Waals surface area contributed by atoms with Gasteiger partial charge in [-0.1, -0.05) is 23.2 Å². The summed E-state index contributed by atoms with van der Waals surface area (Å²) in [6.45, 7) is -0.187. The van der Waals surface area contributed by atoms with E-state index in [9.17, 15) is 9.59 Å². The predicted molar refractivity (Wildman–Crippen MR) is 90.4 cm³/mol. The van der Waals surface area contributed by atoms with Gasteiger partial charge < -0.3 is 15.4 Å². The first-order valence-electron chi connectivity index (χ1n) is 6.69. The molecular weight excluding hydrogens is 339 g/mol. The Morgan fingerprint density at radius 1 is 1.04 bits per heavy atom. The lowest BCUT2D eigenvalue weighted by molar-refractivity contribution is -0.118. The fraction of sp³-hybridized carbons (Fsp3) is 0.125. The molecule has 0 unspecified atom stereocenters. The second-order valence-electron chi connectivity index (χ2n) is 4.60. The van der Waals surface area contributed by atoms with E-state index in [1.807, 2.05) is 0 Å². The number of benzene rings is 2. The zero-order valence-electron chi connectivity index (χ0n) is 12.2. The number of nitrogens with one attached hydrogen (secondary N) is 2. The van der Waals surface area contributed by atoms with Gasteiger partial charge in [0.05, 0.1) is 0 Å². The van der Waals surface area contributed by atoms with Gasteiger partial charge in [-0.3, -0.25) is 9.59 Å². The van der Waals surface area contributed by atoms with Crippen molar-refractivity contribution in [1.82, 2.24) is 5.32 Å². The summed E-state index contributed by atoms with van der Waals surface area (Å²) < 4.78 is 5.34. The summed E-state index contributed by atoms with van der Waals surface area (Å²) >= 11 is 11.7. The van der Waals surface area contributed by atoms with Crippen LogP contribution >= 0.6 is 23.2 Å². The highest BCUT2D eigenvalue weighted by atomic mass is 35.5. The molecule has 7 heteroatoms. The van der Waals surface area contributed by atoms with E-state index in [1.54, 1.807) is 49.5 Å². The molecule has 5 nitrogen and oxygen atoms in total. The van der Waals surface area contributed by atoms with Gasteiger partial charge in [-0.2, -0.15) is 0 Å². The number of anilines is 1. The normalized spacial score (nSPS) is 10.0. The van der Waals surface area contributed by atoms with Gasteiger partial charge in [-0.05, 0) is 42.5 Å². The molecule has 0 saturated carbocycles. The first-order chi connectivity index (χ1) is 11.0. The Labute approximate surface area is 143 Å². The lowest BCUT2D eigenvalue weighted by Gasteiger charge is -2.09. The summed E-state index contributed by atoms with van der Waals surface area (Å²) in [4.78, 5) is 23.3. The van der Waals surface area contributed by atoms with E-state index in [2.05, 4.69) is 10.6 Å². The van der Waals surface area contributed by atoms with Gasteiger partial charge >= 0.3 is 0 Å². The Kier molecular flexibility index (Phi) is 5.84. The summed E-state index contributed by atoms with van der Waals surface area (Å²) in [7, 11) is 1.55. The molecule has 2 aromatic rings. The second kappa shape index (κ2) is 7.85. The minimum atomic E-state index is -0.339. The van der Waals surface area contributed by atoms with Crippen molar-refractivity contribution in [3.05, 3.63) is 58.1 Å². The number of carbonyl (C=O) groups is 2. The first-order valence-corrected chi connectivity index (χ1v) is 7.44. The largest absolute Gasteiger partial charge is 0.484 e. The van der Waals surface area contributed by atoms with E-state index < -0.39 is 0 Å². The van der Waals surface area contributed by atoms with Crippen molar-refractivity contribution in [3.63, 3.8) is 0 Å². The van der Waals surface area contributed by atoms with E-state index in [4.69, 9.17) is 27.9 Å². The van der Waals surface area contributed by atoms with Gasteiger partial charge in [-0.15, -0.1) is 0 Å². The van der Waals surface area contributed by atoms with E-state index in [1.165, 1.54) is 0 Å². The predicted octanol–water partition coefficient (Wildman–Crippen LogP) is 3.37. The molecule has 0 radical (unpaired) electrons. The van der Waals surface area contributed by atoms with E-state index in [-0.39, 0.29) is 18.4 Å². The van der Waals surface area contributed by atoms with Gasteiger partial charge in [-0.25, -0.2) is 0 Å². The minimum absolute atomic E-state index is 0.187. The molecule has 0 atom stereocenters. The number of halogens is 2. The monoisotopic (exact) mass is 352 g/mol. The third-order valence-corrected chi connectivity index (χ3v) is 3.30. The highest BCUT2D eigenvalue weighted by Crippen LogP contribution is 2.24. The molecule has 0 aromatic heterocycles. The number of hydrogen-bond donors (Lipinski definition) is 2. The molecule has 0 aliphatic heterocycles. The van der Waals surface area contributed by atoms with Crippen LogP contribution in [0.4, 0.5) is 5.69 Å². The van der Waals surface area contributed by atoms with Crippen LogP contribution in [-0.2, 0) is 4.79 Å². The number of ether oxygens (including phenoxy) is 1. The van der Waals surface area contributed by atoms with Crippen molar-refractivity contribution >= 4 is 40.7 Å². The smallest absolute Gasteiger partial charge is 0.262 e. The van der Waals surface area contributed by atoms with Gasteiger partial charge in [0.1, 0.15) is 5.75 Å². The lowest BCUT2D eigenvalue weighted by atomic mass is 10.2. The molecular formula is C16H14Cl2N2O3. The zero-order valence-corrected chi connectivity index (χ0v) is 13.7. The molecule has 0 aliphatic rings. The summed E-state index contributed by atoms with van der Waals surface area (Å²) in [5.74, 6) is -0.120. The standard InChI is InChI=1S/C16H14Cl2N2O3/c1-19-16(22)10-2-4-13(5-3-10)20-15(21)9-23-14-7-11(17)6-12(18)8-14/h2-8H,9H2,1H3,(H,19,22)(H,20,21). The average Bonchev–Trinajstić information content (AvgIpc) is 2.52. The number of carbonyl (C=O) groups excluding carboxylic acids is 2. The van der Waals surface area contributed by atoms with Crippen LogP contribution in [0.1, 0.15) is 10.4 Å². The molecule has 0 saturated heterocycles. The quantitative estimate of drug-likeness (QED) is 0.866. The molecule has 2 N–H and O–H groups in total. The molecule has 0 aliphatic carbocycles. The molecule has 0 spiro atoms. The fourth-order valence-electron chi connectivity index (χ4n) is 1.81. The van der Waals surface area contributed by atoms with Crippen LogP contribution in [0.2, 0.25) is 10.0 Å². The maximum atomic E-state index is 11.8. The van der Waals surface area contributed by atoms with Crippen molar-refractivity contribution in [2.75, 3.05) is 19.0 Å². The topological polar surface area (TPSA) is 67.4 Å². The Morgan fingerprint density at radius 3 is 2.22 bits per heavy atom. The third-order valence-electron chi connectivity index (χ3n) is 2.86. The van der Waals surface area contributed by atoms with E-state index >= 15 is 0 Å². The summed E-state index contributed by atoms with van der Waals surface area (Å²) in [5, 5.41) is 6.04. The summed E-state index contributed by atoms with van der Waals surface area (Å²) in [6, 6.07) is 11.2. The Balaban J connectivity index is 1.90. The Hall–Kier alpha value is -2.24. The van der Waals surface area contributed by atoms with Crippen molar-refractivity contribution in [2.45, 2.75) is 0 Å². The SMILES string of the molecule is CNC(=O)c1ccc(NC(=O)COc2cc(Cl)cc(Cl)c2)cc1. The molecule has 2 aromatic carbocycles. The summed E-state index contributed by atoms with van der Waals surface area (Å²) in [6.07, 6.45) is 0. The van der Waals surface area contributed by atoms with E-state index in [0.29, 0.717) is 27.0 Å². The maximum absolute atomic E-state index is 11.8. The Morgan fingerprint density at radius 2 is 1.65 bits per heavy atom. The van der Waals surface area contributed by atoms with Gasteiger partial charge in [0.15, 0.2) is 6.61 Å². The third kappa shape index (κ3) is 5.16. The highest BCUT2D eigenvalue weighted by molar-refractivity contribution is 6.34. The Bertz CT molecular complexity index is 698. The molecule has 0 fully saturated rings. The van der Waals surface area contributed by atoms with Gasteiger partial charge in [0, 0.05) is 28.3 Å². The summed E-state index contributed by atoms with van der Waals surface area (Å²) in [5.41, 5.74) is 1.07. The fourth-order valence-corrected chi connectivity index (χ4v) is 2.31. The minimum Gasteiger partial charge on any atom is -0.484 e. The molecule has 120 valence electrons. The van der Waals surface area contributed by atoms with Gasteiger partial charge in [0.2, 0.25) is 0 Å². The maximum Gasteiger partial charge on any atom is 0.262 e. The second-order valence-corrected chi connectivity index (χ2v) is 5.47. The zero-order chi connectivity index (χ0) is 16.8. The van der Waals surface area contributed by atoms with Crippen molar-refractivity contribution in [3.8, 4) is 5.75 Å². The highest BCUT2D eigenvalue weighted by Gasteiger charge is 2.07. The molecule has 2 amide bonds. The van der Waals surface area contributed by atoms with Crippen LogP contribution in [0.15, 0.2) is 42.5 Å². The molecule has 0 heterocycles. The van der Waals surface area contributed by atoms with E-state index in [0.717, 1.165) is 0 Å². The van der Waals surface area contributed by atoms with Crippen LogP contribution in [0, 0.1) is 0 Å². The molecule has 2 rings (SSSR count). The van der Waals surface area contributed by atoms with Crippen LogP contribution in [0.5, 0.6) is 5.75 Å². The van der Waals surface area contributed by atoms with Crippen LogP contribution in [0.25, 0.3) is 0 Å². The number of rotatable bonds is 5.